The first-order valence-electron chi connectivity index (χ1n) is 6.88. The molecule has 1 aromatic heterocycles. The minimum atomic E-state index is -0.414. The lowest BCUT2D eigenvalue weighted by molar-refractivity contribution is 0.443. The standard InChI is InChI=1S/C15H17F2N3/c16-13-3-4-14(17)12(6-13)9-20-10-19-8-15(20)11-2-1-5-18-7-11/h3-4,6,8,10-11,18H,1-2,5,7,9H2. The van der Waals surface area contributed by atoms with Crippen molar-refractivity contribution < 1.29 is 8.78 Å². The molecule has 1 aromatic carbocycles. The van der Waals surface area contributed by atoms with Crippen LogP contribution >= 0.6 is 0 Å². The molecule has 20 heavy (non-hydrogen) atoms. The Morgan fingerprint density at radius 2 is 2.25 bits per heavy atom. The Bertz CT molecular complexity index is 589. The van der Waals surface area contributed by atoms with E-state index in [1.54, 1.807) is 6.33 Å². The van der Waals surface area contributed by atoms with Gasteiger partial charge in [0.2, 0.25) is 0 Å². The van der Waals surface area contributed by atoms with Crippen molar-refractivity contribution in [2.24, 2.45) is 0 Å². The van der Waals surface area contributed by atoms with Gasteiger partial charge >= 0.3 is 0 Å². The normalized spacial score (nSPS) is 19.2. The molecule has 1 aliphatic rings. The van der Waals surface area contributed by atoms with Crippen LogP contribution in [0.2, 0.25) is 0 Å². The summed E-state index contributed by atoms with van der Waals surface area (Å²) < 4.78 is 28.9. The zero-order valence-corrected chi connectivity index (χ0v) is 11.1. The third-order valence-electron chi connectivity index (χ3n) is 3.81. The number of aromatic nitrogens is 2. The van der Waals surface area contributed by atoms with Crippen LogP contribution in [0.4, 0.5) is 8.78 Å². The van der Waals surface area contributed by atoms with Crippen molar-refractivity contribution in [3.05, 3.63) is 53.6 Å². The van der Waals surface area contributed by atoms with Crippen LogP contribution in [0.5, 0.6) is 0 Å². The third-order valence-corrected chi connectivity index (χ3v) is 3.81. The van der Waals surface area contributed by atoms with E-state index in [0.717, 1.165) is 37.7 Å². The van der Waals surface area contributed by atoms with Gasteiger partial charge in [-0.1, -0.05) is 0 Å². The molecule has 2 heterocycles. The smallest absolute Gasteiger partial charge is 0.128 e. The topological polar surface area (TPSA) is 29.9 Å². The Hall–Kier alpha value is -1.75. The highest BCUT2D eigenvalue weighted by Crippen LogP contribution is 2.24. The van der Waals surface area contributed by atoms with E-state index in [0.29, 0.717) is 18.0 Å². The van der Waals surface area contributed by atoms with Gasteiger partial charge in [0.1, 0.15) is 11.6 Å². The summed E-state index contributed by atoms with van der Waals surface area (Å²) >= 11 is 0. The molecule has 1 unspecified atom stereocenters. The zero-order valence-electron chi connectivity index (χ0n) is 11.1. The molecule has 1 aliphatic heterocycles. The number of hydrogen-bond acceptors (Lipinski definition) is 2. The van der Waals surface area contributed by atoms with Gasteiger partial charge in [0.05, 0.1) is 12.9 Å². The maximum absolute atomic E-state index is 13.7. The van der Waals surface area contributed by atoms with Crippen molar-refractivity contribution in [1.29, 1.82) is 0 Å². The van der Waals surface area contributed by atoms with Crippen molar-refractivity contribution >= 4 is 0 Å². The summed E-state index contributed by atoms with van der Waals surface area (Å²) in [5.74, 6) is -0.405. The van der Waals surface area contributed by atoms with Gasteiger partial charge in [0, 0.05) is 29.9 Å². The molecule has 0 bridgehead atoms. The van der Waals surface area contributed by atoms with Crippen molar-refractivity contribution in [1.82, 2.24) is 14.9 Å². The molecule has 1 N–H and O–H groups in total. The molecule has 0 spiro atoms. The first-order valence-corrected chi connectivity index (χ1v) is 6.88. The van der Waals surface area contributed by atoms with E-state index >= 15 is 0 Å². The third kappa shape index (κ3) is 2.72. The Balaban J connectivity index is 1.84. The highest BCUT2D eigenvalue weighted by Gasteiger charge is 2.19. The predicted molar refractivity (Wildman–Crippen MR) is 72.5 cm³/mol. The molecular weight excluding hydrogens is 260 g/mol. The molecule has 1 saturated heterocycles. The minimum Gasteiger partial charge on any atom is -0.330 e. The largest absolute Gasteiger partial charge is 0.330 e. The quantitative estimate of drug-likeness (QED) is 0.934. The average molecular weight is 277 g/mol. The Morgan fingerprint density at radius 3 is 3.05 bits per heavy atom. The van der Waals surface area contributed by atoms with Crippen LogP contribution < -0.4 is 5.32 Å². The maximum Gasteiger partial charge on any atom is 0.128 e. The highest BCUT2D eigenvalue weighted by atomic mass is 19.1. The van der Waals surface area contributed by atoms with Crippen LogP contribution in [0.1, 0.15) is 30.0 Å². The molecule has 0 radical (unpaired) electrons. The number of nitrogens with one attached hydrogen (secondary N) is 1. The molecule has 2 aromatic rings. The van der Waals surface area contributed by atoms with Crippen LogP contribution in [-0.2, 0) is 6.54 Å². The van der Waals surface area contributed by atoms with Gasteiger partial charge in [-0.2, -0.15) is 0 Å². The van der Waals surface area contributed by atoms with Crippen LogP contribution in [0.25, 0.3) is 0 Å². The van der Waals surface area contributed by atoms with E-state index in [9.17, 15) is 8.78 Å². The number of benzene rings is 1. The fraction of sp³-hybridized carbons (Fsp3) is 0.400. The first-order chi connectivity index (χ1) is 9.74. The summed E-state index contributed by atoms with van der Waals surface area (Å²) in [5, 5.41) is 3.36. The molecule has 0 saturated carbocycles. The molecule has 5 heteroatoms. The molecule has 0 aliphatic carbocycles. The summed E-state index contributed by atoms with van der Waals surface area (Å²) in [4.78, 5) is 4.16. The summed E-state index contributed by atoms with van der Waals surface area (Å²) in [6, 6.07) is 3.56. The van der Waals surface area contributed by atoms with Gasteiger partial charge in [0.25, 0.3) is 0 Å². The zero-order chi connectivity index (χ0) is 13.9. The molecule has 3 nitrogen and oxygen atoms in total. The Labute approximate surface area is 116 Å². The molecule has 0 amide bonds. The highest BCUT2D eigenvalue weighted by molar-refractivity contribution is 5.20. The fourth-order valence-electron chi connectivity index (χ4n) is 2.76. The van der Waals surface area contributed by atoms with Crippen LogP contribution in [0, 0.1) is 11.6 Å². The van der Waals surface area contributed by atoms with Crippen molar-refractivity contribution in [3.8, 4) is 0 Å². The van der Waals surface area contributed by atoms with Crippen LogP contribution in [-0.4, -0.2) is 22.6 Å². The fourth-order valence-corrected chi connectivity index (χ4v) is 2.76. The van der Waals surface area contributed by atoms with Gasteiger partial charge in [-0.05, 0) is 37.6 Å². The number of rotatable bonds is 3. The Kier molecular flexibility index (Phi) is 3.78. The number of nitrogens with zero attached hydrogens (tertiary/aromatic N) is 2. The van der Waals surface area contributed by atoms with Gasteiger partial charge in [0.15, 0.2) is 0 Å². The molecular formula is C15H17F2N3. The Morgan fingerprint density at radius 1 is 1.35 bits per heavy atom. The van der Waals surface area contributed by atoms with E-state index in [1.165, 1.54) is 12.1 Å². The molecule has 3 rings (SSSR count). The van der Waals surface area contributed by atoms with E-state index in [-0.39, 0.29) is 5.82 Å². The minimum absolute atomic E-state index is 0.315. The second-order valence-electron chi connectivity index (χ2n) is 5.23. The van der Waals surface area contributed by atoms with E-state index in [4.69, 9.17) is 0 Å². The lowest BCUT2D eigenvalue weighted by Gasteiger charge is -2.23. The summed E-state index contributed by atoms with van der Waals surface area (Å²) in [5.41, 5.74) is 1.44. The van der Waals surface area contributed by atoms with Crippen LogP contribution in [0.15, 0.2) is 30.7 Å². The summed E-state index contributed by atoms with van der Waals surface area (Å²) in [6.07, 6.45) is 5.75. The van der Waals surface area contributed by atoms with E-state index in [1.807, 2.05) is 10.8 Å². The van der Waals surface area contributed by atoms with Gasteiger partial charge in [-0.15, -0.1) is 0 Å². The summed E-state index contributed by atoms with van der Waals surface area (Å²) in [7, 11) is 0. The van der Waals surface area contributed by atoms with E-state index in [2.05, 4.69) is 10.3 Å². The number of halogens is 2. The van der Waals surface area contributed by atoms with Gasteiger partial charge in [-0.25, -0.2) is 13.8 Å². The monoisotopic (exact) mass is 277 g/mol. The van der Waals surface area contributed by atoms with Crippen molar-refractivity contribution in [2.75, 3.05) is 13.1 Å². The lowest BCUT2D eigenvalue weighted by Crippen LogP contribution is -2.29. The van der Waals surface area contributed by atoms with Crippen molar-refractivity contribution in [2.45, 2.75) is 25.3 Å². The van der Waals surface area contributed by atoms with E-state index < -0.39 is 5.82 Å². The number of hydrogen-bond donors (Lipinski definition) is 1. The SMILES string of the molecule is Fc1ccc(F)c(Cn2cncc2C2CCCNC2)c1. The predicted octanol–water partition coefficient (Wildman–Crippen LogP) is 2.68. The van der Waals surface area contributed by atoms with Crippen molar-refractivity contribution in [3.63, 3.8) is 0 Å². The molecule has 1 fully saturated rings. The average Bonchev–Trinajstić information content (AvgIpc) is 2.92. The van der Waals surface area contributed by atoms with Crippen LogP contribution in [0.3, 0.4) is 0 Å². The first kappa shape index (κ1) is 13.2. The lowest BCUT2D eigenvalue weighted by atomic mass is 9.96. The second-order valence-corrected chi connectivity index (χ2v) is 5.23. The molecule has 1 atom stereocenters. The second kappa shape index (κ2) is 5.71. The number of imidazole rings is 1. The maximum atomic E-state index is 13.7. The number of piperidine rings is 1. The van der Waals surface area contributed by atoms with Gasteiger partial charge < -0.3 is 9.88 Å². The molecule has 106 valence electrons. The summed E-state index contributed by atoms with van der Waals surface area (Å²) in [6.45, 7) is 2.27. The van der Waals surface area contributed by atoms with Gasteiger partial charge in [-0.3, -0.25) is 0 Å².